The first-order valence-electron chi connectivity index (χ1n) is 9.85. The number of carbonyl (C=O) groups excluding carboxylic acids is 2. The zero-order valence-corrected chi connectivity index (χ0v) is 17.2. The largest absolute Gasteiger partial charge is 0.457 e. The van der Waals surface area contributed by atoms with Crippen LogP contribution in [-0.2, 0) is 29.0 Å². The second-order valence-corrected chi connectivity index (χ2v) is 8.94. The van der Waals surface area contributed by atoms with Gasteiger partial charge in [-0.2, -0.15) is 0 Å². The first kappa shape index (κ1) is 19.4. The summed E-state index contributed by atoms with van der Waals surface area (Å²) in [4.78, 5) is 30.8. The maximum absolute atomic E-state index is 12.9. The number of fused-ring (bicyclic) bond motifs is 1. The molecule has 2 aliphatic rings. The summed E-state index contributed by atoms with van der Waals surface area (Å²) in [6.45, 7) is 0.129. The van der Waals surface area contributed by atoms with Crippen LogP contribution in [0, 0.1) is 5.92 Å². The molecule has 0 bridgehead atoms. The van der Waals surface area contributed by atoms with Crippen molar-refractivity contribution in [1.82, 2.24) is 4.98 Å². The summed E-state index contributed by atoms with van der Waals surface area (Å²) >= 11 is 7.33. The minimum absolute atomic E-state index is 0.0376. The molecule has 1 saturated carbocycles. The molecule has 2 aromatic rings. The molecule has 0 aromatic carbocycles. The van der Waals surface area contributed by atoms with Gasteiger partial charge in [-0.15, -0.1) is 11.3 Å². The normalized spacial score (nSPS) is 16.6. The van der Waals surface area contributed by atoms with Crippen LogP contribution < -0.4 is 5.32 Å². The molecular formula is C21H23ClN2O3S. The number of nitrogens with zero attached hydrogens (tertiary/aromatic N) is 1. The van der Waals surface area contributed by atoms with E-state index < -0.39 is 0 Å². The van der Waals surface area contributed by atoms with Gasteiger partial charge in [-0.1, -0.05) is 36.9 Å². The van der Waals surface area contributed by atoms with Crippen LogP contribution in [0.2, 0.25) is 5.15 Å². The highest BCUT2D eigenvalue weighted by Gasteiger charge is 2.30. The van der Waals surface area contributed by atoms with Crippen LogP contribution >= 0.6 is 22.9 Å². The van der Waals surface area contributed by atoms with Gasteiger partial charge >= 0.3 is 5.97 Å². The highest BCUT2D eigenvalue weighted by molar-refractivity contribution is 7.17. The van der Waals surface area contributed by atoms with Crippen LogP contribution in [0.15, 0.2) is 18.3 Å². The standard InChI is InChI=1S/C21H23ClN2O3S/c22-17-10-9-13(11-23-17)12-27-21(26)18-15-7-4-8-16(15)28-20(18)24-19(25)14-5-2-1-3-6-14/h9-11,14H,1-8,12H2,(H,24,25). The third-order valence-corrected chi connectivity index (χ3v) is 6.93. The molecule has 2 aromatic heterocycles. The fourth-order valence-electron chi connectivity index (χ4n) is 4.00. The second-order valence-electron chi connectivity index (χ2n) is 7.45. The van der Waals surface area contributed by atoms with Crippen molar-refractivity contribution in [2.75, 3.05) is 5.32 Å². The Morgan fingerprint density at radius 2 is 2.00 bits per heavy atom. The summed E-state index contributed by atoms with van der Waals surface area (Å²) in [5, 5.41) is 4.10. The highest BCUT2D eigenvalue weighted by Crippen LogP contribution is 2.40. The van der Waals surface area contributed by atoms with Gasteiger partial charge in [0.05, 0.1) is 5.56 Å². The Morgan fingerprint density at radius 3 is 2.75 bits per heavy atom. The molecule has 2 aliphatic carbocycles. The summed E-state index contributed by atoms with van der Waals surface area (Å²) in [6, 6.07) is 3.45. The van der Waals surface area contributed by atoms with Gasteiger partial charge in [0.2, 0.25) is 5.91 Å². The van der Waals surface area contributed by atoms with Crippen molar-refractivity contribution < 1.29 is 14.3 Å². The Bertz CT molecular complexity index is 873. The maximum atomic E-state index is 12.9. The summed E-state index contributed by atoms with van der Waals surface area (Å²) in [5.74, 6) is -0.293. The van der Waals surface area contributed by atoms with Gasteiger partial charge in [0, 0.05) is 22.6 Å². The molecule has 1 N–H and O–H groups in total. The zero-order chi connectivity index (χ0) is 19.5. The number of nitrogens with one attached hydrogen (secondary N) is 1. The number of ether oxygens (including phenoxy) is 1. The molecule has 0 atom stereocenters. The molecule has 1 fully saturated rings. The van der Waals surface area contributed by atoms with Gasteiger partial charge in [-0.05, 0) is 43.7 Å². The molecule has 0 aliphatic heterocycles. The number of aryl methyl sites for hydroxylation is 1. The van der Waals surface area contributed by atoms with Gasteiger partial charge in [0.1, 0.15) is 16.8 Å². The lowest BCUT2D eigenvalue weighted by Crippen LogP contribution is -2.25. The number of carbonyl (C=O) groups is 2. The minimum atomic E-state index is -0.381. The van der Waals surface area contributed by atoms with Crippen molar-refractivity contribution in [1.29, 1.82) is 0 Å². The van der Waals surface area contributed by atoms with E-state index in [0.717, 1.165) is 56.1 Å². The second kappa shape index (κ2) is 8.62. The van der Waals surface area contributed by atoms with E-state index in [1.165, 1.54) is 22.6 Å². The molecule has 28 heavy (non-hydrogen) atoms. The van der Waals surface area contributed by atoms with Crippen molar-refractivity contribution in [3.8, 4) is 0 Å². The first-order chi connectivity index (χ1) is 13.6. The summed E-state index contributed by atoms with van der Waals surface area (Å²) in [5.41, 5.74) is 2.36. The number of esters is 1. The number of halogens is 1. The van der Waals surface area contributed by atoms with Crippen LogP contribution in [0.3, 0.4) is 0 Å². The number of hydrogen-bond donors (Lipinski definition) is 1. The Hall–Kier alpha value is -1.92. The molecule has 0 saturated heterocycles. The van der Waals surface area contributed by atoms with Gasteiger partial charge in [-0.25, -0.2) is 9.78 Å². The van der Waals surface area contributed by atoms with Crippen molar-refractivity contribution in [2.24, 2.45) is 5.92 Å². The van der Waals surface area contributed by atoms with Gasteiger partial charge in [0.25, 0.3) is 0 Å². The van der Waals surface area contributed by atoms with Crippen molar-refractivity contribution in [3.05, 3.63) is 45.1 Å². The van der Waals surface area contributed by atoms with E-state index in [2.05, 4.69) is 10.3 Å². The molecule has 4 rings (SSSR count). The predicted molar refractivity (Wildman–Crippen MR) is 110 cm³/mol. The number of pyridine rings is 1. The summed E-state index contributed by atoms with van der Waals surface area (Å²) in [7, 11) is 0. The number of hydrogen-bond acceptors (Lipinski definition) is 5. The Kier molecular flexibility index (Phi) is 5.97. The quantitative estimate of drug-likeness (QED) is 0.537. The molecule has 0 unspecified atom stereocenters. The summed E-state index contributed by atoms with van der Waals surface area (Å²) < 4.78 is 5.54. The average molecular weight is 419 g/mol. The molecule has 0 spiro atoms. The van der Waals surface area contributed by atoms with E-state index >= 15 is 0 Å². The molecule has 7 heteroatoms. The van der Waals surface area contributed by atoms with E-state index in [1.54, 1.807) is 18.3 Å². The van der Waals surface area contributed by atoms with Crippen LogP contribution in [0.25, 0.3) is 0 Å². The van der Waals surface area contributed by atoms with Crippen LogP contribution in [-0.4, -0.2) is 16.9 Å². The van der Waals surface area contributed by atoms with E-state index in [9.17, 15) is 9.59 Å². The summed E-state index contributed by atoms with van der Waals surface area (Å²) in [6.07, 6.45) is 9.72. The number of anilines is 1. The highest BCUT2D eigenvalue weighted by atomic mass is 35.5. The van der Waals surface area contributed by atoms with Gasteiger partial charge in [0.15, 0.2) is 0 Å². The SMILES string of the molecule is O=C(OCc1ccc(Cl)nc1)c1c(NC(=O)C2CCCCC2)sc2c1CCC2. The first-order valence-corrected chi connectivity index (χ1v) is 11.0. The molecule has 1 amide bonds. The van der Waals surface area contributed by atoms with Crippen molar-refractivity contribution >= 4 is 39.8 Å². The number of amides is 1. The Morgan fingerprint density at radius 1 is 1.18 bits per heavy atom. The number of aromatic nitrogens is 1. The zero-order valence-electron chi connectivity index (χ0n) is 15.6. The topological polar surface area (TPSA) is 68.3 Å². The predicted octanol–water partition coefficient (Wildman–Crippen LogP) is 5.16. The third kappa shape index (κ3) is 4.23. The lowest BCUT2D eigenvalue weighted by Gasteiger charge is -2.20. The minimum Gasteiger partial charge on any atom is -0.457 e. The van der Waals surface area contributed by atoms with E-state index in [4.69, 9.17) is 16.3 Å². The van der Waals surface area contributed by atoms with E-state index in [1.807, 2.05) is 0 Å². The lowest BCUT2D eigenvalue weighted by atomic mass is 9.89. The van der Waals surface area contributed by atoms with Crippen LogP contribution in [0.5, 0.6) is 0 Å². The lowest BCUT2D eigenvalue weighted by molar-refractivity contribution is -0.120. The van der Waals surface area contributed by atoms with E-state index in [-0.39, 0.29) is 24.4 Å². The fourth-order valence-corrected chi connectivity index (χ4v) is 5.39. The number of thiophene rings is 1. The fraction of sp³-hybridized carbons (Fsp3) is 0.476. The Labute approximate surface area is 173 Å². The molecular weight excluding hydrogens is 396 g/mol. The smallest absolute Gasteiger partial charge is 0.341 e. The monoisotopic (exact) mass is 418 g/mol. The van der Waals surface area contributed by atoms with Crippen molar-refractivity contribution in [2.45, 2.75) is 58.0 Å². The molecule has 0 radical (unpaired) electrons. The van der Waals surface area contributed by atoms with Crippen molar-refractivity contribution in [3.63, 3.8) is 0 Å². The average Bonchev–Trinajstić information content (AvgIpc) is 3.28. The third-order valence-electron chi connectivity index (χ3n) is 5.50. The Balaban J connectivity index is 1.49. The van der Waals surface area contributed by atoms with Crippen LogP contribution in [0.4, 0.5) is 5.00 Å². The molecule has 148 valence electrons. The molecule has 2 heterocycles. The number of rotatable bonds is 5. The van der Waals surface area contributed by atoms with Gasteiger partial charge in [-0.3, -0.25) is 4.79 Å². The van der Waals surface area contributed by atoms with Gasteiger partial charge < -0.3 is 10.1 Å². The van der Waals surface area contributed by atoms with E-state index in [0.29, 0.717) is 15.7 Å². The molecule has 5 nitrogen and oxygen atoms in total. The van der Waals surface area contributed by atoms with Crippen LogP contribution in [0.1, 0.15) is 64.9 Å². The maximum Gasteiger partial charge on any atom is 0.341 e.